The zero-order valence-corrected chi connectivity index (χ0v) is 16.6. The molecule has 3 rings (SSSR count). The minimum Gasteiger partial charge on any atom is -0.369 e. The second kappa shape index (κ2) is 8.39. The van der Waals surface area contributed by atoms with Gasteiger partial charge in [-0.3, -0.25) is 19.8 Å². The Bertz CT molecular complexity index is 849. The Morgan fingerprint density at radius 2 is 1.61 bits per heavy atom. The molecule has 1 fully saturated rings. The highest BCUT2D eigenvalue weighted by Gasteiger charge is 2.20. The number of amides is 1. The number of hydrogen-bond donors (Lipinski definition) is 1. The predicted octanol–water partition coefficient (Wildman–Crippen LogP) is 3.28. The third kappa shape index (κ3) is 4.67. The van der Waals surface area contributed by atoms with Crippen molar-refractivity contribution in [2.24, 2.45) is 0 Å². The summed E-state index contributed by atoms with van der Waals surface area (Å²) in [5, 5.41) is 13.8. The van der Waals surface area contributed by atoms with E-state index in [-0.39, 0.29) is 11.6 Å². The zero-order chi connectivity index (χ0) is 20.3. The minimum atomic E-state index is -0.391. The molecule has 0 unspecified atom stereocenters. The molecule has 1 heterocycles. The van der Waals surface area contributed by atoms with Crippen molar-refractivity contribution in [1.29, 1.82) is 0 Å². The van der Waals surface area contributed by atoms with Gasteiger partial charge in [0.1, 0.15) is 0 Å². The van der Waals surface area contributed by atoms with E-state index >= 15 is 0 Å². The summed E-state index contributed by atoms with van der Waals surface area (Å²) < 4.78 is 0. The molecule has 1 amide bonds. The summed E-state index contributed by atoms with van der Waals surface area (Å²) in [4.78, 5) is 27.2. The van der Waals surface area contributed by atoms with Gasteiger partial charge in [0, 0.05) is 49.7 Å². The minimum absolute atomic E-state index is 0.00108. The molecule has 0 aromatic heterocycles. The Morgan fingerprint density at radius 3 is 2.14 bits per heavy atom. The molecule has 28 heavy (non-hydrogen) atoms. The summed E-state index contributed by atoms with van der Waals surface area (Å²) in [6, 6.07) is 10.8. The zero-order valence-electron chi connectivity index (χ0n) is 16.6. The molecule has 1 aliphatic heterocycles. The normalized spacial score (nSPS) is 14.8. The fourth-order valence-corrected chi connectivity index (χ4v) is 3.71. The highest BCUT2D eigenvalue weighted by Crippen LogP contribution is 2.23. The van der Waals surface area contributed by atoms with Crippen LogP contribution in [0.25, 0.3) is 0 Å². The third-order valence-corrected chi connectivity index (χ3v) is 5.11. The highest BCUT2D eigenvalue weighted by molar-refractivity contribution is 5.93. The molecule has 0 spiro atoms. The van der Waals surface area contributed by atoms with E-state index in [1.807, 2.05) is 13.8 Å². The lowest BCUT2D eigenvalue weighted by atomic mass is 10.1. The number of carbonyl (C=O) groups excluding carboxylic acids is 1. The van der Waals surface area contributed by atoms with E-state index in [0.717, 1.165) is 48.7 Å². The standard InChI is InChI=1S/C21H26N4O3/c1-15-12-16(2)21(17(3)13-15)22-20(26)14-23-8-10-24(11-9-23)18-4-6-19(7-5-18)25(27)28/h4-7,12-13H,8-11,14H2,1-3H3,(H,22,26). The molecule has 148 valence electrons. The number of hydrogen-bond acceptors (Lipinski definition) is 5. The number of carbonyl (C=O) groups is 1. The van der Waals surface area contributed by atoms with E-state index < -0.39 is 4.92 Å². The summed E-state index contributed by atoms with van der Waals surface area (Å²) in [6.45, 7) is 9.56. The van der Waals surface area contributed by atoms with Crippen molar-refractivity contribution in [3.63, 3.8) is 0 Å². The maximum Gasteiger partial charge on any atom is 0.269 e. The van der Waals surface area contributed by atoms with Crippen LogP contribution >= 0.6 is 0 Å². The van der Waals surface area contributed by atoms with Gasteiger partial charge in [0.25, 0.3) is 5.69 Å². The van der Waals surface area contributed by atoms with E-state index in [2.05, 4.69) is 34.2 Å². The van der Waals surface area contributed by atoms with Gasteiger partial charge < -0.3 is 10.2 Å². The van der Waals surface area contributed by atoms with Crippen LogP contribution in [0.3, 0.4) is 0 Å². The SMILES string of the molecule is Cc1cc(C)c(NC(=O)CN2CCN(c3ccc([N+](=O)[O-])cc3)CC2)c(C)c1. The summed E-state index contributed by atoms with van der Waals surface area (Å²) >= 11 is 0. The molecular formula is C21H26N4O3. The number of benzene rings is 2. The molecule has 0 bridgehead atoms. The van der Waals surface area contributed by atoms with Gasteiger partial charge in [-0.15, -0.1) is 0 Å². The number of nitrogens with zero attached hydrogens (tertiary/aromatic N) is 3. The quantitative estimate of drug-likeness (QED) is 0.634. The van der Waals surface area contributed by atoms with Crippen LogP contribution in [0.15, 0.2) is 36.4 Å². The molecule has 7 heteroatoms. The van der Waals surface area contributed by atoms with Crippen LogP contribution in [-0.4, -0.2) is 48.5 Å². The number of non-ortho nitro benzene ring substituents is 1. The molecular weight excluding hydrogens is 356 g/mol. The van der Waals surface area contributed by atoms with Crippen LogP contribution in [0.2, 0.25) is 0 Å². The van der Waals surface area contributed by atoms with Crippen LogP contribution in [-0.2, 0) is 4.79 Å². The predicted molar refractivity (Wildman–Crippen MR) is 111 cm³/mol. The number of nitro groups is 1. The Kier molecular flexibility index (Phi) is 5.94. The van der Waals surface area contributed by atoms with Crippen LogP contribution in [0.1, 0.15) is 16.7 Å². The highest BCUT2D eigenvalue weighted by atomic mass is 16.6. The van der Waals surface area contributed by atoms with Gasteiger partial charge in [-0.2, -0.15) is 0 Å². The molecule has 0 aliphatic carbocycles. The average Bonchev–Trinajstić information content (AvgIpc) is 2.65. The lowest BCUT2D eigenvalue weighted by molar-refractivity contribution is -0.384. The van der Waals surface area contributed by atoms with Gasteiger partial charge in [-0.1, -0.05) is 17.7 Å². The van der Waals surface area contributed by atoms with Crippen LogP contribution in [0.5, 0.6) is 0 Å². The smallest absolute Gasteiger partial charge is 0.269 e. The summed E-state index contributed by atoms with van der Waals surface area (Å²) in [5.41, 5.74) is 5.32. The van der Waals surface area contributed by atoms with Gasteiger partial charge >= 0.3 is 0 Å². The van der Waals surface area contributed by atoms with Gasteiger partial charge in [0.05, 0.1) is 11.5 Å². The molecule has 1 saturated heterocycles. The van der Waals surface area contributed by atoms with Gasteiger partial charge in [-0.05, 0) is 44.0 Å². The van der Waals surface area contributed by atoms with E-state index in [1.54, 1.807) is 12.1 Å². The summed E-state index contributed by atoms with van der Waals surface area (Å²) in [6.07, 6.45) is 0. The average molecular weight is 382 g/mol. The number of anilines is 2. The Balaban J connectivity index is 1.53. The van der Waals surface area contributed by atoms with E-state index in [4.69, 9.17) is 0 Å². The van der Waals surface area contributed by atoms with Crippen molar-refractivity contribution in [3.05, 3.63) is 63.2 Å². The Hall–Kier alpha value is -2.93. The molecule has 1 aliphatic rings. The Morgan fingerprint density at radius 1 is 1.04 bits per heavy atom. The van der Waals surface area contributed by atoms with Crippen LogP contribution in [0, 0.1) is 30.9 Å². The Labute approximate surface area is 165 Å². The van der Waals surface area contributed by atoms with Crippen molar-refractivity contribution >= 4 is 23.0 Å². The van der Waals surface area contributed by atoms with Crippen molar-refractivity contribution in [2.45, 2.75) is 20.8 Å². The maximum atomic E-state index is 12.5. The first-order valence-corrected chi connectivity index (χ1v) is 9.43. The molecule has 2 aromatic carbocycles. The maximum absolute atomic E-state index is 12.5. The van der Waals surface area contributed by atoms with Gasteiger partial charge in [0.15, 0.2) is 0 Å². The molecule has 0 atom stereocenters. The lowest BCUT2D eigenvalue weighted by Crippen LogP contribution is -2.48. The number of rotatable bonds is 5. The molecule has 0 radical (unpaired) electrons. The topological polar surface area (TPSA) is 78.7 Å². The van der Waals surface area contributed by atoms with Crippen molar-refractivity contribution < 1.29 is 9.72 Å². The van der Waals surface area contributed by atoms with E-state index in [9.17, 15) is 14.9 Å². The lowest BCUT2D eigenvalue weighted by Gasteiger charge is -2.35. The van der Waals surface area contributed by atoms with E-state index in [0.29, 0.717) is 6.54 Å². The number of piperazine rings is 1. The van der Waals surface area contributed by atoms with Crippen molar-refractivity contribution in [1.82, 2.24) is 4.90 Å². The van der Waals surface area contributed by atoms with Crippen molar-refractivity contribution in [3.8, 4) is 0 Å². The number of aryl methyl sites for hydroxylation is 3. The van der Waals surface area contributed by atoms with Gasteiger partial charge in [-0.25, -0.2) is 0 Å². The molecule has 1 N–H and O–H groups in total. The first-order chi connectivity index (χ1) is 13.3. The first-order valence-electron chi connectivity index (χ1n) is 9.43. The first kappa shape index (κ1) is 19.8. The van der Waals surface area contributed by atoms with Crippen LogP contribution < -0.4 is 10.2 Å². The molecule has 0 saturated carbocycles. The summed E-state index contributed by atoms with van der Waals surface area (Å²) in [5.74, 6) is -0.00108. The monoisotopic (exact) mass is 382 g/mol. The van der Waals surface area contributed by atoms with E-state index in [1.165, 1.54) is 17.7 Å². The fraction of sp³-hybridized carbons (Fsp3) is 0.381. The number of nitrogens with one attached hydrogen (secondary N) is 1. The van der Waals surface area contributed by atoms with Gasteiger partial charge in [0.2, 0.25) is 5.91 Å². The second-order valence-corrected chi connectivity index (χ2v) is 7.36. The fourth-order valence-electron chi connectivity index (χ4n) is 3.71. The van der Waals surface area contributed by atoms with Crippen molar-refractivity contribution in [2.75, 3.05) is 42.9 Å². The van der Waals surface area contributed by atoms with Crippen LogP contribution in [0.4, 0.5) is 17.1 Å². The third-order valence-electron chi connectivity index (χ3n) is 5.11. The summed E-state index contributed by atoms with van der Waals surface area (Å²) in [7, 11) is 0. The number of nitro benzene ring substituents is 1. The second-order valence-electron chi connectivity index (χ2n) is 7.36. The molecule has 2 aromatic rings. The molecule has 7 nitrogen and oxygen atoms in total. The largest absolute Gasteiger partial charge is 0.369 e.